The minimum Gasteiger partial charge on any atom is -0.491 e. The topological polar surface area (TPSA) is 72.5 Å². The van der Waals surface area contributed by atoms with Crippen LogP contribution in [0.1, 0.15) is 11.1 Å². The quantitative estimate of drug-likeness (QED) is 0.887. The molecule has 5 heteroatoms. The Labute approximate surface area is 103 Å². The van der Waals surface area contributed by atoms with Gasteiger partial charge in [-0.05, 0) is 37.1 Å². The number of carboxylic acid groups (broad SMARTS) is 1. The first-order valence-corrected chi connectivity index (χ1v) is 5.59. The molecule has 0 saturated heterocycles. The first-order chi connectivity index (χ1) is 7.41. The molecular formula is C11H14BrNO3. The van der Waals surface area contributed by atoms with Crippen molar-refractivity contribution < 1.29 is 14.6 Å². The molecule has 4 nitrogen and oxygen atoms in total. The monoisotopic (exact) mass is 287 g/mol. The van der Waals surface area contributed by atoms with E-state index in [1.165, 1.54) is 0 Å². The van der Waals surface area contributed by atoms with Crippen molar-refractivity contribution in [3.05, 3.63) is 27.7 Å². The van der Waals surface area contributed by atoms with Gasteiger partial charge in [-0.2, -0.15) is 0 Å². The van der Waals surface area contributed by atoms with E-state index in [0.29, 0.717) is 5.75 Å². The third kappa shape index (κ3) is 3.21. The number of nitrogens with two attached hydrogens (primary N) is 1. The van der Waals surface area contributed by atoms with Crippen LogP contribution >= 0.6 is 15.9 Å². The zero-order valence-corrected chi connectivity index (χ0v) is 10.7. The number of aryl methyl sites for hydroxylation is 2. The third-order valence-electron chi connectivity index (χ3n) is 2.16. The van der Waals surface area contributed by atoms with Gasteiger partial charge >= 0.3 is 5.97 Å². The molecule has 0 bridgehead atoms. The molecule has 1 atom stereocenters. The van der Waals surface area contributed by atoms with Crippen molar-refractivity contribution in [1.29, 1.82) is 0 Å². The Morgan fingerprint density at radius 3 is 2.44 bits per heavy atom. The molecule has 0 saturated carbocycles. The number of carboxylic acids is 1. The lowest BCUT2D eigenvalue weighted by Crippen LogP contribution is -2.36. The molecule has 0 radical (unpaired) electrons. The summed E-state index contributed by atoms with van der Waals surface area (Å²) in [7, 11) is 0. The third-order valence-corrected chi connectivity index (χ3v) is 3.41. The summed E-state index contributed by atoms with van der Waals surface area (Å²) in [6.45, 7) is 3.86. The van der Waals surface area contributed by atoms with E-state index in [1.54, 1.807) is 0 Å². The Morgan fingerprint density at radius 1 is 1.50 bits per heavy atom. The van der Waals surface area contributed by atoms with E-state index >= 15 is 0 Å². The highest BCUT2D eigenvalue weighted by molar-refractivity contribution is 9.10. The summed E-state index contributed by atoms with van der Waals surface area (Å²) in [6.07, 6.45) is 0. The maximum absolute atomic E-state index is 10.5. The Balaban J connectivity index is 2.72. The fourth-order valence-corrected chi connectivity index (χ4v) is 1.48. The number of aliphatic carboxylic acids is 1. The first kappa shape index (κ1) is 13.0. The summed E-state index contributed by atoms with van der Waals surface area (Å²) in [4.78, 5) is 10.5. The smallest absolute Gasteiger partial charge is 0.324 e. The first-order valence-electron chi connectivity index (χ1n) is 4.79. The lowest BCUT2D eigenvalue weighted by atomic mass is 10.1. The molecule has 0 heterocycles. The second-order valence-corrected chi connectivity index (χ2v) is 4.42. The van der Waals surface area contributed by atoms with E-state index in [4.69, 9.17) is 15.6 Å². The van der Waals surface area contributed by atoms with Crippen LogP contribution in [-0.2, 0) is 4.79 Å². The Morgan fingerprint density at radius 2 is 2.00 bits per heavy atom. The predicted octanol–water partition coefficient (Wildman–Crippen LogP) is 1.86. The maximum atomic E-state index is 10.5. The molecule has 0 aliphatic rings. The zero-order chi connectivity index (χ0) is 12.3. The van der Waals surface area contributed by atoms with Crippen molar-refractivity contribution in [3.8, 4) is 5.75 Å². The number of ether oxygens (including phenoxy) is 1. The van der Waals surface area contributed by atoms with E-state index in [1.807, 2.05) is 26.0 Å². The van der Waals surface area contributed by atoms with Crippen LogP contribution in [0.25, 0.3) is 0 Å². The molecule has 0 fully saturated rings. The Kier molecular flexibility index (Phi) is 4.32. The van der Waals surface area contributed by atoms with Crippen LogP contribution in [0.15, 0.2) is 16.6 Å². The van der Waals surface area contributed by atoms with Crippen LogP contribution in [0.2, 0.25) is 0 Å². The Hall–Kier alpha value is -1.07. The van der Waals surface area contributed by atoms with Gasteiger partial charge in [-0.3, -0.25) is 4.79 Å². The highest BCUT2D eigenvalue weighted by Crippen LogP contribution is 2.26. The number of halogens is 1. The molecule has 1 rings (SSSR count). The van der Waals surface area contributed by atoms with Gasteiger partial charge in [0.1, 0.15) is 18.4 Å². The largest absolute Gasteiger partial charge is 0.491 e. The van der Waals surface area contributed by atoms with Gasteiger partial charge in [0.15, 0.2) is 0 Å². The Bertz CT molecular complexity index is 383. The number of hydrogen-bond donors (Lipinski definition) is 2. The van der Waals surface area contributed by atoms with Crippen molar-refractivity contribution in [2.24, 2.45) is 5.73 Å². The highest BCUT2D eigenvalue weighted by Gasteiger charge is 2.12. The van der Waals surface area contributed by atoms with Crippen LogP contribution in [0, 0.1) is 13.8 Å². The maximum Gasteiger partial charge on any atom is 0.324 e. The summed E-state index contributed by atoms with van der Waals surface area (Å²) in [5.41, 5.74) is 7.42. The van der Waals surface area contributed by atoms with Crippen LogP contribution in [-0.4, -0.2) is 23.7 Å². The van der Waals surface area contributed by atoms with Crippen molar-refractivity contribution >= 4 is 21.9 Å². The molecule has 0 aliphatic carbocycles. The van der Waals surface area contributed by atoms with E-state index < -0.39 is 12.0 Å². The van der Waals surface area contributed by atoms with Gasteiger partial charge in [0, 0.05) is 4.47 Å². The van der Waals surface area contributed by atoms with Crippen LogP contribution in [0.5, 0.6) is 5.75 Å². The summed E-state index contributed by atoms with van der Waals surface area (Å²) in [5.74, 6) is -0.430. The molecule has 0 amide bonds. The predicted molar refractivity (Wildman–Crippen MR) is 64.7 cm³/mol. The summed E-state index contributed by atoms with van der Waals surface area (Å²) >= 11 is 3.44. The molecule has 16 heavy (non-hydrogen) atoms. The molecular weight excluding hydrogens is 274 g/mol. The summed E-state index contributed by atoms with van der Waals surface area (Å²) < 4.78 is 6.35. The molecule has 0 spiro atoms. The molecule has 0 aliphatic heterocycles. The van der Waals surface area contributed by atoms with Crippen LogP contribution < -0.4 is 10.5 Å². The van der Waals surface area contributed by atoms with E-state index in [0.717, 1.165) is 15.6 Å². The van der Waals surface area contributed by atoms with Gasteiger partial charge in [0.05, 0.1) is 0 Å². The fourth-order valence-electron chi connectivity index (χ4n) is 1.25. The van der Waals surface area contributed by atoms with Gasteiger partial charge in [-0.25, -0.2) is 0 Å². The number of hydrogen-bond acceptors (Lipinski definition) is 3. The minimum atomic E-state index is -1.06. The summed E-state index contributed by atoms with van der Waals surface area (Å²) in [6, 6.07) is 2.68. The van der Waals surface area contributed by atoms with Crippen molar-refractivity contribution in [3.63, 3.8) is 0 Å². The molecule has 0 aromatic heterocycles. The van der Waals surface area contributed by atoms with Crippen molar-refractivity contribution in [2.75, 3.05) is 6.61 Å². The number of rotatable bonds is 4. The van der Waals surface area contributed by atoms with Gasteiger partial charge in [-0.15, -0.1) is 0 Å². The normalized spacial score (nSPS) is 12.2. The lowest BCUT2D eigenvalue weighted by Gasteiger charge is -2.12. The van der Waals surface area contributed by atoms with Gasteiger partial charge < -0.3 is 15.6 Å². The van der Waals surface area contributed by atoms with Crippen LogP contribution in [0.4, 0.5) is 0 Å². The van der Waals surface area contributed by atoms with Crippen LogP contribution in [0.3, 0.4) is 0 Å². The molecule has 1 unspecified atom stereocenters. The van der Waals surface area contributed by atoms with Crippen molar-refractivity contribution in [1.82, 2.24) is 0 Å². The van der Waals surface area contributed by atoms with Crippen molar-refractivity contribution in [2.45, 2.75) is 19.9 Å². The molecule has 88 valence electrons. The van der Waals surface area contributed by atoms with Gasteiger partial charge in [-0.1, -0.05) is 15.9 Å². The second kappa shape index (κ2) is 5.32. The molecule has 3 N–H and O–H groups in total. The zero-order valence-electron chi connectivity index (χ0n) is 9.16. The SMILES string of the molecule is Cc1cc(OCC(N)C(=O)O)cc(C)c1Br. The average molecular weight is 288 g/mol. The minimum absolute atomic E-state index is 0.0319. The molecule has 1 aromatic rings. The van der Waals surface area contributed by atoms with E-state index in [2.05, 4.69) is 15.9 Å². The lowest BCUT2D eigenvalue weighted by molar-refractivity contribution is -0.139. The number of benzene rings is 1. The van der Waals surface area contributed by atoms with E-state index in [-0.39, 0.29) is 6.61 Å². The highest BCUT2D eigenvalue weighted by atomic mass is 79.9. The standard InChI is InChI=1S/C11H14BrNO3/c1-6-3-8(4-7(2)10(6)12)16-5-9(13)11(14)15/h3-4,9H,5,13H2,1-2H3,(H,14,15). The van der Waals surface area contributed by atoms with E-state index in [9.17, 15) is 4.79 Å². The average Bonchev–Trinajstić information content (AvgIpc) is 2.22. The van der Waals surface area contributed by atoms with Gasteiger partial charge in [0.25, 0.3) is 0 Å². The number of carbonyl (C=O) groups is 1. The molecule has 1 aromatic carbocycles. The second-order valence-electron chi connectivity index (χ2n) is 3.63. The summed E-state index contributed by atoms with van der Waals surface area (Å²) in [5, 5.41) is 8.60. The fraction of sp³-hybridized carbons (Fsp3) is 0.364. The van der Waals surface area contributed by atoms with Gasteiger partial charge in [0.2, 0.25) is 0 Å².